The van der Waals surface area contributed by atoms with E-state index in [-0.39, 0.29) is 0 Å². The number of hydrogen-bond donors (Lipinski definition) is 0. The fraction of sp³-hybridized carbons (Fsp3) is 0.571. The zero-order valence-electron chi connectivity index (χ0n) is 10.1. The van der Waals surface area contributed by atoms with Crippen molar-refractivity contribution in [2.24, 2.45) is 10.8 Å². The molecule has 0 amide bonds. The minimum absolute atomic E-state index is 0.342. The molecule has 0 aliphatic heterocycles. The highest BCUT2D eigenvalue weighted by Crippen LogP contribution is 2.40. The van der Waals surface area contributed by atoms with Gasteiger partial charge in [0.05, 0.1) is 0 Å². The van der Waals surface area contributed by atoms with Gasteiger partial charge in [-0.15, -0.1) is 0 Å². The molecule has 1 rings (SSSR count). The Bertz CT molecular complexity index is 275. The second kappa shape index (κ2) is 3.76. The summed E-state index contributed by atoms with van der Waals surface area (Å²) in [7, 11) is 0. The Labute approximate surface area is 88.4 Å². The third-order valence-corrected chi connectivity index (χ3v) is 3.52. The van der Waals surface area contributed by atoms with Crippen LogP contribution in [0.25, 0.3) is 0 Å². The average Bonchev–Trinajstić information content (AvgIpc) is 2.03. The first-order valence-electron chi connectivity index (χ1n) is 5.37. The van der Waals surface area contributed by atoms with Gasteiger partial charge in [0.1, 0.15) is 0 Å². The van der Waals surface area contributed by atoms with E-state index in [1.54, 1.807) is 0 Å². The van der Waals surface area contributed by atoms with Crippen molar-refractivity contribution < 1.29 is 0 Å². The van der Waals surface area contributed by atoms with Crippen LogP contribution in [0, 0.1) is 10.8 Å². The Kier molecular flexibility index (Phi) is 3.04. The van der Waals surface area contributed by atoms with E-state index in [0.29, 0.717) is 10.8 Å². The summed E-state index contributed by atoms with van der Waals surface area (Å²) in [5, 5.41) is 0. The molecule has 0 heterocycles. The lowest BCUT2D eigenvalue weighted by molar-refractivity contribution is 0.132. The molecule has 0 spiro atoms. The van der Waals surface area contributed by atoms with E-state index in [1.807, 2.05) is 0 Å². The van der Waals surface area contributed by atoms with Crippen molar-refractivity contribution in [3.63, 3.8) is 0 Å². The topological polar surface area (TPSA) is 0 Å². The monoisotopic (exact) mass is 190 g/mol. The summed E-state index contributed by atoms with van der Waals surface area (Å²) in [6, 6.07) is 10.7. The van der Waals surface area contributed by atoms with E-state index in [0.717, 1.165) is 6.42 Å². The standard InChI is InChI=1S/C14H22/c1-13(2,3)14(4,5)11-12-9-7-6-8-10-12/h6-10H,11H2,1-5H3. The first kappa shape index (κ1) is 11.3. The highest BCUT2D eigenvalue weighted by molar-refractivity contribution is 5.16. The zero-order valence-corrected chi connectivity index (χ0v) is 10.1. The van der Waals surface area contributed by atoms with Crippen LogP contribution in [0.5, 0.6) is 0 Å². The highest BCUT2D eigenvalue weighted by atomic mass is 14.4. The van der Waals surface area contributed by atoms with Crippen molar-refractivity contribution in [1.82, 2.24) is 0 Å². The maximum absolute atomic E-state index is 2.35. The fourth-order valence-corrected chi connectivity index (χ4v) is 1.37. The predicted octanol–water partition coefficient (Wildman–Crippen LogP) is 4.30. The molecule has 0 radical (unpaired) electrons. The summed E-state index contributed by atoms with van der Waals surface area (Å²) in [5.74, 6) is 0. The van der Waals surface area contributed by atoms with E-state index < -0.39 is 0 Å². The second-order valence-corrected chi connectivity index (χ2v) is 5.80. The van der Waals surface area contributed by atoms with E-state index in [1.165, 1.54) is 5.56 Å². The van der Waals surface area contributed by atoms with Crippen LogP contribution in [-0.2, 0) is 6.42 Å². The van der Waals surface area contributed by atoms with Gasteiger partial charge < -0.3 is 0 Å². The van der Waals surface area contributed by atoms with Gasteiger partial charge in [-0.1, -0.05) is 65.0 Å². The molecule has 0 saturated carbocycles. The van der Waals surface area contributed by atoms with Gasteiger partial charge in [0.15, 0.2) is 0 Å². The molecule has 0 heteroatoms. The highest BCUT2D eigenvalue weighted by Gasteiger charge is 2.32. The number of benzene rings is 1. The van der Waals surface area contributed by atoms with Gasteiger partial charge in [-0.3, -0.25) is 0 Å². The first-order chi connectivity index (χ1) is 6.33. The quantitative estimate of drug-likeness (QED) is 0.652. The Hall–Kier alpha value is -0.780. The van der Waals surface area contributed by atoms with Gasteiger partial charge in [0.25, 0.3) is 0 Å². The minimum atomic E-state index is 0.342. The van der Waals surface area contributed by atoms with Gasteiger partial charge in [-0.05, 0) is 22.8 Å². The number of hydrogen-bond acceptors (Lipinski definition) is 0. The molecule has 0 fully saturated rings. The summed E-state index contributed by atoms with van der Waals surface area (Å²) < 4.78 is 0. The van der Waals surface area contributed by atoms with E-state index in [2.05, 4.69) is 65.0 Å². The summed E-state index contributed by atoms with van der Waals surface area (Å²) in [6.45, 7) is 11.6. The average molecular weight is 190 g/mol. The lowest BCUT2D eigenvalue weighted by atomic mass is 9.66. The smallest absolute Gasteiger partial charge is 0.0222 e. The van der Waals surface area contributed by atoms with Crippen molar-refractivity contribution in [1.29, 1.82) is 0 Å². The van der Waals surface area contributed by atoms with E-state index in [9.17, 15) is 0 Å². The molecule has 0 bridgehead atoms. The van der Waals surface area contributed by atoms with Crippen LogP contribution < -0.4 is 0 Å². The maximum atomic E-state index is 2.35. The Morgan fingerprint density at radius 3 is 1.79 bits per heavy atom. The zero-order chi connectivity index (χ0) is 10.8. The molecular weight excluding hydrogens is 168 g/mol. The molecule has 78 valence electrons. The van der Waals surface area contributed by atoms with Crippen LogP contribution in [0.4, 0.5) is 0 Å². The fourth-order valence-electron chi connectivity index (χ4n) is 1.37. The molecule has 0 aromatic heterocycles. The summed E-state index contributed by atoms with van der Waals surface area (Å²) in [4.78, 5) is 0. The van der Waals surface area contributed by atoms with Gasteiger partial charge in [0, 0.05) is 0 Å². The molecule has 0 nitrogen and oxygen atoms in total. The lowest BCUT2D eigenvalue weighted by Gasteiger charge is -2.39. The molecule has 14 heavy (non-hydrogen) atoms. The third-order valence-electron chi connectivity index (χ3n) is 3.52. The summed E-state index contributed by atoms with van der Waals surface area (Å²) in [5.41, 5.74) is 2.13. The normalized spacial score (nSPS) is 12.9. The van der Waals surface area contributed by atoms with Crippen LogP contribution in [0.15, 0.2) is 30.3 Å². The van der Waals surface area contributed by atoms with Crippen LogP contribution in [0.1, 0.15) is 40.2 Å². The number of rotatable bonds is 2. The molecule has 0 saturated heterocycles. The van der Waals surface area contributed by atoms with Gasteiger partial charge in [0.2, 0.25) is 0 Å². The molecule has 0 unspecified atom stereocenters. The Morgan fingerprint density at radius 1 is 0.857 bits per heavy atom. The van der Waals surface area contributed by atoms with Gasteiger partial charge >= 0.3 is 0 Å². The van der Waals surface area contributed by atoms with Crippen molar-refractivity contribution in [2.75, 3.05) is 0 Å². The maximum Gasteiger partial charge on any atom is -0.0222 e. The summed E-state index contributed by atoms with van der Waals surface area (Å²) >= 11 is 0. The van der Waals surface area contributed by atoms with Crippen molar-refractivity contribution in [3.05, 3.63) is 35.9 Å². The lowest BCUT2D eigenvalue weighted by Crippen LogP contribution is -2.31. The SMILES string of the molecule is CC(C)(C)C(C)(C)Cc1ccccc1. The molecule has 1 aromatic rings. The van der Waals surface area contributed by atoms with Crippen molar-refractivity contribution >= 4 is 0 Å². The van der Waals surface area contributed by atoms with Crippen molar-refractivity contribution in [3.8, 4) is 0 Å². The molecular formula is C14H22. The van der Waals surface area contributed by atoms with Crippen LogP contribution in [-0.4, -0.2) is 0 Å². The first-order valence-corrected chi connectivity index (χ1v) is 5.37. The molecule has 0 atom stereocenters. The van der Waals surface area contributed by atoms with Gasteiger partial charge in [-0.25, -0.2) is 0 Å². The van der Waals surface area contributed by atoms with Crippen LogP contribution in [0.2, 0.25) is 0 Å². The largest absolute Gasteiger partial charge is 0.0622 e. The molecule has 1 aromatic carbocycles. The minimum Gasteiger partial charge on any atom is -0.0622 e. The Balaban J connectivity index is 2.79. The van der Waals surface area contributed by atoms with E-state index in [4.69, 9.17) is 0 Å². The molecule has 0 aliphatic carbocycles. The van der Waals surface area contributed by atoms with Gasteiger partial charge in [-0.2, -0.15) is 0 Å². The van der Waals surface area contributed by atoms with Crippen LogP contribution >= 0.6 is 0 Å². The molecule has 0 aliphatic rings. The predicted molar refractivity (Wildman–Crippen MR) is 63.4 cm³/mol. The molecule has 0 N–H and O–H groups in total. The third kappa shape index (κ3) is 2.60. The van der Waals surface area contributed by atoms with E-state index >= 15 is 0 Å². The van der Waals surface area contributed by atoms with Crippen molar-refractivity contribution in [2.45, 2.75) is 41.0 Å². The Morgan fingerprint density at radius 2 is 1.36 bits per heavy atom. The summed E-state index contributed by atoms with van der Waals surface area (Å²) in [6.07, 6.45) is 1.15. The second-order valence-electron chi connectivity index (χ2n) is 5.80. The van der Waals surface area contributed by atoms with Crippen LogP contribution in [0.3, 0.4) is 0 Å².